The van der Waals surface area contributed by atoms with E-state index >= 15 is 0 Å². The van der Waals surface area contributed by atoms with Gasteiger partial charge in [0, 0.05) is 6.04 Å². The summed E-state index contributed by atoms with van der Waals surface area (Å²) in [4.78, 5) is 0. The van der Waals surface area contributed by atoms with Crippen molar-refractivity contribution >= 4 is 11.8 Å². The van der Waals surface area contributed by atoms with E-state index < -0.39 is 0 Å². The normalized spacial score (nSPS) is 19.6. The van der Waals surface area contributed by atoms with E-state index in [1.807, 2.05) is 11.8 Å². The first-order valence-electron chi connectivity index (χ1n) is 6.55. The van der Waals surface area contributed by atoms with Crippen LogP contribution < -0.4 is 5.32 Å². The Bertz CT molecular complexity index is 143. The molecule has 0 aliphatic heterocycles. The number of rotatable bonds is 8. The van der Waals surface area contributed by atoms with Crippen molar-refractivity contribution in [2.75, 3.05) is 18.6 Å². The second-order valence-electron chi connectivity index (χ2n) is 4.93. The van der Waals surface area contributed by atoms with Crippen LogP contribution in [-0.4, -0.2) is 24.6 Å². The highest BCUT2D eigenvalue weighted by molar-refractivity contribution is 7.98. The van der Waals surface area contributed by atoms with Gasteiger partial charge >= 0.3 is 0 Å². The van der Waals surface area contributed by atoms with E-state index in [9.17, 15) is 0 Å². The lowest BCUT2D eigenvalue weighted by atomic mass is 9.99. The molecule has 1 aliphatic rings. The lowest BCUT2D eigenvalue weighted by Crippen LogP contribution is -2.27. The summed E-state index contributed by atoms with van der Waals surface area (Å²) < 4.78 is 0. The molecule has 0 spiro atoms. The average molecular weight is 229 g/mol. The summed E-state index contributed by atoms with van der Waals surface area (Å²) in [6.45, 7) is 3.54. The Hall–Kier alpha value is 0.310. The Morgan fingerprint density at radius 2 is 2.07 bits per heavy atom. The van der Waals surface area contributed by atoms with Crippen molar-refractivity contribution in [2.24, 2.45) is 5.92 Å². The molecule has 0 bridgehead atoms. The Morgan fingerprint density at radius 1 is 1.33 bits per heavy atom. The predicted octanol–water partition coefficient (Wildman–Crippen LogP) is 3.69. The molecule has 0 aromatic carbocycles. The van der Waals surface area contributed by atoms with Crippen LogP contribution in [0.4, 0.5) is 0 Å². The van der Waals surface area contributed by atoms with Crippen LogP contribution in [0.3, 0.4) is 0 Å². The fourth-order valence-electron chi connectivity index (χ4n) is 2.45. The van der Waals surface area contributed by atoms with Crippen molar-refractivity contribution in [3.8, 4) is 0 Å². The molecule has 1 nitrogen and oxygen atoms in total. The summed E-state index contributed by atoms with van der Waals surface area (Å²) >= 11 is 1.95. The molecule has 0 saturated heterocycles. The lowest BCUT2D eigenvalue weighted by molar-refractivity contribution is 0.421. The maximum Gasteiger partial charge on any atom is 0.00388 e. The zero-order valence-electron chi connectivity index (χ0n) is 10.4. The summed E-state index contributed by atoms with van der Waals surface area (Å²) in [5, 5.41) is 3.63. The van der Waals surface area contributed by atoms with Crippen LogP contribution in [0.25, 0.3) is 0 Å². The van der Waals surface area contributed by atoms with Crippen molar-refractivity contribution in [2.45, 2.75) is 57.9 Å². The molecule has 1 atom stereocenters. The highest BCUT2D eigenvalue weighted by Gasteiger charge is 2.15. The van der Waals surface area contributed by atoms with Gasteiger partial charge in [-0.05, 0) is 50.7 Å². The highest BCUT2D eigenvalue weighted by atomic mass is 32.2. The summed E-state index contributed by atoms with van der Waals surface area (Å²) in [6.07, 6.45) is 12.3. The lowest BCUT2D eigenvalue weighted by Gasteiger charge is -2.16. The van der Waals surface area contributed by atoms with E-state index in [-0.39, 0.29) is 0 Å². The van der Waals surface area contributed by atoms with Crippen LogP contribution in [-0.2, 0) is 0 Å². The number of hydrogen-bond acceptors (Lipinski definition) is 2. The standard InChI is InChI=1S/C13H27NS/c1-12(14-10-5-11-15-2)8-9-13-6-3-4-7-13/h12-14H,3-11H2,1-2H3. The monoisotopic (exact) mass is 229 g/mol. The van der Waals surface area contributed by atoms with Gasteiger partial charge in [-0.2, -0.15) is 11.8 Å². The topological polar surface area (TPSA) is 12.0 Å². The van der Waals surface area contributed by atoms with Gasteiger partial charge in [-0.15, -0.1) is 0 Å². The molecule has 0 amide bonds. The highest BCUT2D eigenvalue weighted by Crippen LogP contribution is 2.28. The van der Waals surface area contributed by atoms with E-state index in [0.29, 0.717) is 0 Å². The van der Waals surface area contributed by atoms with Gasteiger partial charge in [-0.25, -0.2) is 0 Å². The van der Waals surface area contributed by atoms with Gasteiger partial charge in [0.25, 0.3) is 0 Å². The summed E-state index contributed by atoms with van der Waals surface area (Å²) in [7, 11) is 0. The third-order valence-corrected chi connectivity index (χ3v) is 4.20. The largest absolute Gasteiger partial charge is 0.314 e. The summed E-state index contributed by atoms with van der Waals surface area (Å²) in [5.41, 5.74) is 0. The smallest absolute Gasteiger partial charge is 0.00388 e. The third-order valence-electron chi connectivity index (χ3n) is 3.50. The summed E-state index contributed by atoms with van der Waals surface area (Å²) in [6, 6.07) is 0.729. The van der Waals surface area contributed by atoms with Gasteiger partial charge in [0.15, 0.2) is 0 Å². The predicted molar refractivity (Wildman–Crippen MR) is 71.7 cm³/mol. The van der Waals surface area contributed by atoms with Gasteiger partial charge in [0.2, 0.25) is 0 Å². The Balaban J connectivity index is 1.90. The fourth-order valence-corrected chi connectivity index (χ4v) is 2.88. The first-order chi connectivity index (χ1) is 7.33. The Kier molecular flexibility index (Phi) is 7.54. The van der Waals surface area contributed by atoms with Crippen molar-refractivity contribution in [1.29, 1.82) is 0 Å². The quantitative estimate of drug-likeness (QED) is 0.637. The SMILES string of the molecule is CSCCCNC(C)CCC1CCCC1. The molecule has 0 heterocycles. The average Bonchev–Trinajstić information content (AvgIpc) is 2.74. The Morgan fingerprint density at radius 3 is 2.73 bits per heavy atom. The molecule has 1 rings (SSSR count). The van der Waals surface area contributed by atoms with Crippen molar-refractivity contribution < 1.29 is 0 Å². The molecule has 15 heavy (non-hydrogen) atoms. The van der Waals surface area contributed by atoms with Crippen LogP contribution in [0.5, 0.6) is 0 Å². The molecule has 2 heteroatoms. The zero-order valence-corrected chi connectivity index (χ0v) is 11.2. The molecule has 1 fully saturated rings. The molecular formula is C13H27NS. The molecule has 1 N–H and O–H groups in total. The molecule has 1 unspecified atom stereocenters. The van der Waals surface area contributed by atoms with E-state index in [4.69, 9.17) is 0 Å². The first kappa shape index (κ1) is 13.4. The van der Waals surface area contributed by atoms with E-state index in [1.54, 1.807) is 0 Å². The van der Waals surface area contributed by atoms with Crippen molar-refractivity contribution in [1.82, 2.24) is 5.32 Å². The van der Waals surface area contributed by atoms with Gasteiger partial charge in [0.05, 0.1) is 0 Å². The first-order valence-corrected chi connectivity index (χ1v) is 7.94. The van der Waals surface area contributed by atoms with Crippen LogP contribution >= 0.6 is 11.8 Å². The van der Waals surface area contributed by atoms with Gasteiger partial charge < -0.3 is 5.32 Å². The van der Waals surface area contributed by atoms with E-state index in [1.165, 1.54) is 57.2 Å². The van der Waals surface area contributed by atoms with Crippen LogP contribution in [0.1, 0.15) is 51.9 Å². The molecule has 1 aliphatic carbocycles. The minimum absolute atomic E-state index is 0.729. The fraction of sp³-hybridized carbons (Fsp3) is 1.00. The van der Waals surface area contributed by atoms with Crippen molar-refractivity contribution in [3.05, 3.63) is 0 Å². The van der Waals surface area contributed by atoms with Crippen LogP contribution in [0, 0.1) is 5.92 Å². The second kappa shape index (κ2) is 8.46. The van der Waals surface area contributed by atoms with Gasteiger partial charge in [-0.3, -0.25) is 0 Å². The third kappa shape index (κ3) is 6.47. The maximum absolute atomic E-state index is 3.63. The van der Waals surface area contributed by atoms with E-state index in [0.717, 1.165) is 12.0 Å². The van der Waals surface area contributed by atoms with E-state index in [2.05, 4.69) is 18.5 Å². The molecular weight excluding hydrogens is 202 g/mol. The summed E-state index contributed by atoms with van der Waals surface area (Å²) in [5.74, 6) is 2.35. The van der Waals surface area contributed by atoms with Crippen LogP contribution in [0.15, 0.2) is 0 Å². The zero-order chi connectivity index (χ0) is 10.9. The maximum atomic E-state index is 3.63. The molecule has 0 radical (unpaired) electrons. The van der Waals surface area contributed by atoms with Gasteiger partial charge in [0.1, 0.15) is 0 Å². The molecule has 0 aromatic heterocycles. The number of nitrogens with one attached hydrogen (secondary N) is 1. The Labute approximate surface area is 99.8 Å². The minimum atomic E-state index is 0.729. The molecule has 0 aromatic rings. The molecule has 90 valence electrons. The molecule has 1 saturated carbocycles. The minimum Gasteiger partial charge on any atom is -0.314 e. The van der Waals surface area contributed by atoms with Gasteiger partial charge in [-0.1, -0.05) is 25.7 Å². The van der Waals surface area contributed by atoms with Crippen molar-refractivity contribution in [3.63, 3.8) is 0 Å². The number of thioether (sulfide) groups is 1. The number of hydrogen-bond donors (Lipinski definition) is 1. The second-order valence-corrected chi connectivity index (χ2v) is 5.91. The van der Waals surface area contributed by atoms with Crippen LogP contribution in [0.2, 0.25) is 0 Å².